The maximum absolute atomic E-state index is 13.3. The first kappa shape index (κ1) is 14.0. The Morgan fingerprint density at radius 2 is 1.80 bits per heavy atom. The van der Waals surface area contributed by atoms with Gasteiger partial charge in [0.25, 0.3) is 0 Å². The number of halogens is 1. The summed E-state index contributed by atoms with van der Waals surface area (Å²) in [6.45, 7) is 4.93. The molecule has 2 fully saturated rings. The van der Waals surface area contributed by atoms with Gasteiger partial charge in [-0.25, -0.2) is 4.39 Å². The number of nitrogens with zero attached hydrogens (tertiary/aromatic N) is 1. The molecule has 0 spiro atoms. The van der Waals surface area contributed by atoms with Crippen LogP contribution < -0.4 is 5.73 Å². The van der Waals surface area contributed by atoms with Crippen LogP contribution in [0.2, 0.25) is 0 Å². The second-order valence-electron chi connectivity index (χ2n) is 6.59. The minimum atomic E-state index is -0.155. The smallest absolute Gasteiger partial charge is 0.123 e. The van der Waals surface area contributed by atoms with E-state index in [4.69, 9.17) is 5.73 Å². The van der Waals surface area contributed by atoms with Crippen LogP contribution in [0.25, 0.3) is 0 Å². The van der Waals surface area contributed by atoms with Crippen molar-refractivity contribution in [2.45, 2.75) is 38.6 Å². The summed E-state index contributed by atoms with van der Waals surface area (Å²) >= 11 is 0. The van der Waals surface area contributed by atoms with Gasteiger partial charge >= 0.3 is 0 Å². The van der Waals surface area contributed by atoms with Gasteiger partial charge in [-0.1, -0.05) is 6.07 Å². The van der Waals surface area contributed by atoms with Gasteiger partial charge in [-0.15, -0.1) is 0 Å². The first-order valence-electron chi connectivity index (χ1n) is 7.87. The summed E-state index contributed by atoms with van der Waals surface area (Å²) < 4.78 is 13.3. The van der Waals surface area contributed by atoms with Crippen LogP contribution in [0.3, 0.4) is 0 Å². The fourth-order valence-electron chi connectivity index (χ4n) is 3.08. The van der Waals surface area contributed by atoms with Gasteiger partial charge < -0.3 is 5.73 Å². The number of rotatable bonds is 7. The Labute approximate surface area is 121 Å². The molecule has 0 aromatic heterocycles. The van der Waals surface area contributed by atoms with E-state index in [0.29, 0.717) is 6.54 Å². The normalized spacial score (nSPS) is 20.4. The summed E-state index contributed by atoms with van der Waals surface area (Å²) in [5, 5.41) is 0. The predicted octanol–water partition coefficient (Wildman–Crippen LogP) is 3.26. The van der Waals surface area contributed by atoms with Crippen LogP contribution in [0, 0.1) is 24.6 Å². The third-order valence-electron chi connectivity index (χ3n) is 4.63. The van der Waals surface area contributed by atoms with Crippen LogP contribution in [0.15, 0.2) is 18.2 Å². The average Bonchev–Trinajstić information content (AvgIpc) is 3.28. The zero-order valence-corrected chi connectivity index (χ0v) is 12.3. The summed E-state index contributed by atoms with van der Waals surface area (Å²) in [5.41, 5.74) is 8.30. The van der Waals surface area contributed by atoms with E-state index in [1.165, 1.54) is 31.2 Å². The summed E-state index contributed by atoms with van der Waals surface area (Å²) in [4.78, 5) is 2.57. The Morgan fingerprint density at radius 3 is 2.25 bits per heavy atom. The van der Waals surface area contributed by atoms with Crippen molar-refractivity contribution in [3.05, 3.63) is 35.1 Å². The zero-order chi connectivity index (χ0) is 14.1. The van der Waals surface area contributed by atoms with Crippen LogP contribution in [0.1, 0.15) is 42.9 Å². The average molecular weight is 276 g/mol. The van der Waals surface area contributed by atoms with E-state index < -0.39 is 0 Å². The molecule has 0 heterocycles. The van der Waals surface area contributed by atoms with Gasteiger partial charge in [0.1, 0.15) is 5.82 Å². The maximum atomic E-state index is 13.3. The Balaban J connectivity index is 1.79. The van der Waals surface area contributed by atoms with Gasteiger partial charge in [-0.3, -0.25) is 4.90 Å². The number of hydrogen-bond acceptors (Lipinski definition) is 2. The molecule has 2 N–H and O–H groups in total. The van der Waals surface area contributed by atoms with Gasteiger partial charge in [-0.05, 0) is 67.7 Å². The van der Waals surface area contributed by atoms with Gasteiger partial charge in [0.15, 0.2) is 0 Å². The fourth-order valence-corrected chi connectivity index (χ4v) is 3.08. The van der Waals surface area contributed by atoms with E-state index in [1.807, 2.05) is 13.0 Å². The molecule has 1 aromatic rings. The molecule has 2 nitrogen and oxygen atoms in total. The maximum Gasteiger partial charge on any atom is 0.123 e. The number of hydrogen-bond donors (Lipinski definition) is 1. The lowest BCUT2D eigenvalue weighted by molar-refractivity contribution is 0.184. The van der Waals surface area contributed by atoms with Crippen molar-refractivity contribution in [1.82, 2.24) is 4.90 Å². The third kappa shape index (κ3) is 3.39. The second-order valence-corrected chi connectivity index (χ2v) is 6.59. The van der Waals surface area contributed by atoms with Crippen molar-refractivity contribution < 1.29 is 4.39 Å². The molecule has 0 amide bonds. The van der Waals surface area contributed by atoms with Gasteiger partial charge in [0.2, 0.25) is 0 Å². The molecule has 2 aliphatic rings. The lowest BCUT2D eigenvalue weighted by Crippen LogP contribution is -2.37. The Bertz CT molecular complexity index is 452. The molecule has 3 heteroatoms. The lowest BCUT2D eigenvalue weighted by atomic mass is 9.99. The van der Waals surface area contributed by atoms with E-state index in [-0.39, 0.29) is 11.9 Å². The Kier molecular flexibility index (Phi) is 4.08. The summed E-state index contributed by atoms with van der Waals surface area (Å²) in [6, 6.07) is 5.37. The van der Waals surface area contributed by atoms with Crippen molar-refractivity contribution >= 4 is 0 Å². The number of benzene rings is 1. The molecule has 0 radical (unpaired) electrons. The van der Waals surface area contributed by atoms with Crippen molar-refractivity contribution in [2.24, 2.45) is 17.6 Å². The van der Waals surface area contributed by atoms with Crippen LogP contribution >= 0.6 is 0 Å². The standard InChI is InChI=1S/C17H25FN2/c1-12-8-15(18)6-7-16(12)17(9-19)20(10-13-2-3-13)11-14-4-5-14/h6-8,13-14,17H,2-5,9-11,19H2,1H3. The summed E-state index contributed by atoms with van der Waals surface area (Å²) in [6.07, 6.45) is 5.45. The Hall–Kier alpha value is -0.930. The monoisotopic (exact) mass is 276 g/mol. The summed E-state index contributed by atoms with van der Waals surface area (Å²) in [7, 11) is 0. The van der Waals surface area contributed by atoms with Crippen LogP contribution in [0.4, 0.5) is 4.39 Å². The van der Waals surface area contributed by atoms with Crippen LogP contribution in [0.5, 0.6) is 0 Å². The molecule has 1 atom stereocenters. The van der Waals surface area contributed by atoms with E-state index in [0.717, 1.165) is 30.5 Å². The zero-order valence-electron chi connectivity index (χ0n) is 12.3. The third-order valence-corrected chi connectivity index (χ3v) is 4.63. The predicted molar refractivity (Wildman–Crippen MR) is 80.0 cm³/mol. The van der Waals surface area contributed by atoms with Crippen LogP contribution in [-0.2, 0) is 0 Å². The molecule has 3 rings (SSSR count). The largest absolute Gasteiger partial charge is 0.329 e. The molecule has 110 valence electrons. The second kappa shape index (κ2) is 5.82. The highest BCUT2D eigenvalue weighted by Crippen LogP contribution is 2.37. The fraction of sp³-hybridized carbons (Fsp3) is 0.647. The minimum Gasteiger partial charge on any atom is -0.329 e. The summed E-state index contributed by atoms with van der Waals surface area (Å²) in [5.74, 6) is 1.57. The molecule has 0 saturated heterocycles. The molecule has 20 heavy (non-hydrogen) atoms. The van der Waals surface area contributed by atoms with E-state index >= 15 is 0 Å². The number of nitrogens with two attached hydrogens (primary N) is 1. The minimum absolute atomic E-state index is 0.155. The quantitative estimate of drug-likeness (QED) is 0.828. The Morgan fingerprint density at radius 1 is 1.20 bits per heavy atom. The van der Waals surface area contributed by atoms with Gasteiger partial charge in [0, 0.05) is 25.7 Å². The highest BCUT2D eigenvalue weighted by molar-refractivity contribution is 5.30. The lowest BCUT2D eigenvalue weighted by Gasteiger charge is -2.32. The van der Waals surface area contributed by atoms with Crippen molar-refractivity contribution in [2.75, 3.05) is 19.6 Å². The van der Waals surface area contributed by atoms with E-state index in [9.17, 15) is 4.39 Å². The topological polar surface area (TPSA) is 29.3 Å². The molecule has 1 aromatic carbocycles. The highest BCUT2D eigenvalue weighted by atomic mass is 19.1. The number of aryl methyl sites for hydroxylation is 1. The molecule has 0 aliphatic heterocycles. The molecular formula is C17H25FN2. The van der Waals surface area contributed by atoms with E-state index in [2.05, 4.69) is 4.90 Å². The SMILES string of the molecule is Cc1cc(F)ccc1C(CN)N(CC1CC1)CC1CC1. The van der Waals surface area contributed by atoms with Crippen molar-refractivity contribution in [3.8, 4) is 0 Å². The molecule has 2 saturated carbocycles. The molecular weight excluding hydrogens is 251 g/mol. The van der Waals surface area contributed by atoms with Gasteiger partial charge in [0.05, 0.1) is 0 Å². The molecule has 1 unspecified atom stereocenters. The van der Waals surface area contributed by atoms with Crippen molar-refractivity contribution in [3.63, 3.8) is 0 Å². The van der Waals surface area contributed by atoms with E-state index in [1.54, 1.807) is 12.1 Å². The highest BCUT2D eigenvalue weighted by Gasteiger charge is 2.33. The molecule has 2 aliphatic carbocycles. The van der Waals surface area contributed by atoms with Gasteiger partial charge in [-0.2, -0.15) is 0 Å². The van der Waals surface area contributed by atoms with Crippen LogP contribution in [-0.4, -0.2) is 24.5 Å². The first-order chi connectivity index (χ1) is 9.67. The molecule has 0 bridgehead atoms. The van der Waals surface area contributed by atoms with Crippen molar-refractivity contribution in [1.29, 1.82) is 0 Å². The first-order valence-corrected chi connectivity index (χ1v) is 7.87.